The molecule has 1 heterocycles. The van der Waals surface area contributed by atoms with E-state index in [1.54, 1.807) is 41.0 Å². The lowest BCUT2D eigenvalue weighted by atomic mass is 10.3. The van der Waals surface area contributed by atoms with Crippen molar-refractivity contribution in [3.05, 3.63) is 48.0 Å². The molecule has 0 fully saturated rings. The normalized spacial score (nSPS) is 10.0. The van der Waals surface area contributed by atoms with Crippen LogP contribution < -0.4 is 5.32 Å². The molecule has 1 N–H and O–H groups in total. The van der Waals surface area contributed by atoms with Gasteiger partial charge in [0.15, 0.2) is 5.69 Å². The van der Waals surface area contributed by atoms with Crippen LogP contribution in [0, 0.1) is 5.82 Å². The number of aromatic nitrogens is 2. The molecule has 0 spiro atoms. The Labute approximate surface area is 129 Å². The first-order chi connectivity index (χ1) is 9.61. The second-order valence-corrected chi connectivity index (χ2v) is 4.45. The largest absolute Gasteiger partial charge is 0.339 e. The molecule has 0 aliphatic heterocycles. The van der Waals surface area contributed by atoms with Crippen LogP contribution in [0.3, 0.4) is 0 Å². The van der Waals surface area contributed by atoms with Crippen LogP contribution in [0.1, 0.15) is 10.5 Å². The van der Waals surface area contributed by atoms with Gasteiger partial charge in [-0.1, -0.05) is 0 Å². The summed E-state index contributed by atoms with van der Waals surface area (Å²) >= 11 is 0. The fourth-order valence-electron chi connectivity index (χ4n) is 1.75. The van der Waals surface area contributed by atoms with Crippen molar-refractivity contribution in [3.63, 3.8) is 0 Å². The monoisotopic (exact) mass is 312 g/mol. The van der Waals surface area contributed by atoms with Crippen molar-refractivity contribution in [2.45, 2.75) is 0 Å². The van der Waals surface area contributed by atoms with E-state index < -0.39 is 0 Å². The number of nitrogens with zero attached hydrogens (tertiary/aromatic N) is 3. The first-order valence-corrected chi connectivity index (χ1v) is 6.33. The molecule has 1 amide bonds. The third-order valence-corrected chi connectivity index (χ3v) is 2.94. The molecule has 0 saturated carbocycles. The number of amides is 1. The van der Waals surface area contributed by atoms with Crippen LogP contribution in [-0.4, -0.2) is 47.8 Å². The highest BCUT2D eigenvalue weighted by atomic mass is 35.5. The average molecular weight is 313 g/mol. The third-order valence-electron chi connectivity index (χ3n) is 2.94. The lowest BCUT2D eigenvalue weighted by molar-refractivity contribution is 0.0790. The average Bonchev–Trinajstić information content (AvgIpc) is 2.94. The second kappa shape index (κ2) is 7.75. The minimum atomic E-state index is -0.302. The first-order valence-electron chi connectivity index (χ1n) is 6.33. The summed E-state index contributed by atoms with van der Waals surface area (Å²) < 4.78 is 14.4. The molecule has 2 rings (SSSR count). The lowest BCUT2D eigenvalue weighted by Crippen LogP contribution is -2.33. The Hall–Kier alpha value is -1.92. The van der Waals surface area contributed by atoms with E-state index in [-0.39, 0.29) is 24.1 Å². The van der Waals surface area contributed by atoms with Crippen molar-refractivity contribution in [1.29, 1.82) is 0 Å². The quantitative estimate of drug-likeness (QED) is 0.914. The number of hydrogen-bond acceptors (Lipinski definition) is 3. The molecule has 0 aliphatic rings. The summed E-state index contributed by atoms with van der Waals surface area (Å²) in [5.74, 6) is -0.440. The molecular formula is C14H18ClFN4O. The molecule has 0 aliphatic carbocycles. The minimum Gasteiger partial charge on any atom is -0.339 e. The number of benzene rings is 1. The molecular weight excluding hydrogens is 295 g/mol. The topological polar surface area (TPSA) is 50.2 Å². The molecule has 0 unspecified atom stereocenters. The van der Waals surface area contributed by atoms with Crippen molar-refractivity contribution in [3.8, 4) is 5.69 Å². The molecule has 5 nitrogen and oxygen atoms in total. The molecule has 0 bridgehead atoms. The van der Waals surface area contributed by atoms with Gasteiger partial charge >= 0.3 is 0 Å². The van der Waals surface area contributed by atoms with Crippen molar-refractivity contribution in [2.75, 3.05) is 27.2 Å². The zero-order chi connectivity index (χ0) is 14.5. The Morgan fingerprint density at radius 1 is 1.33 bits per heavy atom. The second-order valence-electron chi connectivity index (χ2n) is 4.45. The number of hydrogen-bond donors (Lipinski definition) is 1. The highest BCUT2D eigenvalue weighted by Crippen LogP contribution is 2.09. The Morgan fingerprint density at radius 3 is 2.62 bits per heavy atom. The highest BCUT2D eigenvalue weighted by Gasteiger charge is 2.14. The van der Waals surface area contributed by atoms with E-state index in [0.717, 1.165) is 6.54 Å². The SMILES string of the molecule is CNCCN(C)C(=O)c1ccn(-c2ccc(F)cc2)n1.Cl. The fourth-order valence-corrected chi connectivity index (χ4v) is 1.75. The first kappa shape index (κ1) is 17.1. The number of carbonyl (C=O) groups excluding carboxylic acids is 1. The summed E-state index contributed by atoms with van der Waals surface area (Å²) in [7, 11) is 3.57. The number of carbonyl (C=O) groups is 1. The summed E-state index contributed by atoms with van der Waals surface area (Å²) in [5.41, 5.74) is 1.08. The van der Waals surface area contributed by atoms with Crippen LogP contribution in [0.25, 0.3) is 5.69 Å². The van der Waals surface area contributed by atoms with Gasteiger partial charge in [-0.05, 0) is 37.4 Å². The summed E-state index contributed by atoms with van der Waals surface area (Å²) in [4.78, 5) is 13.7. The predicted octanol–water partition coefficient (Wildman–Crippen LogP) is 1.72. The van der Waals surface area contributed by atoms with E-state index in [1.807, 2.05) is 7.05 Å². The van der Waals surface area contributed by atoms with E-state index >= 15 is 0 Å². The van der Waals surface area contributed by atoms with Gasteiger partial charge in [-0.15, -0.1) is 12.4 Å². The van der Waals surface area contributed by atoms with Crippen LogP contribution in [0.2, 0.25) is 0 Å². The van der Waals surface area contributed by atoms with E-state index in [4.69, 9.17) is 0 Å². The Kier molecular flexibility index (Phi) is 6.33. The van der Waals surface area contributed by atoms with Gasteiger partial charge < -0.3 is 10.2 Å². The molecule has 1 aromatic carbocycles. The predicted molar refractivity (Wildman–Crippen MR) is 81.7 cm³/mol. The maximum Gasteiger partial charge on any atom is 0.274 e. The zero-order valence-corrected chi connectivity index (χ0v) is 12.7. The van der Waals surface area contributed by atoms with E-state index in [9.17, 15) is 9.18 Å². The molecule has 0 atom stereocenters. The maximum atomic E-state index is 12.9. The number of nitrogens with one attached hydrogen (secondary N) is 1. The molecule has 1 aromatic heterocycles. The summed E-state index contributed by atoms with van der Waals surface area (Å²) in [6.45, 7) is 1.33. The van der Waals surface area contributed by atoms with Crippen LogP contribution >= 0.6 is 12.4 Å². The van der Waals surface area contributed by atoms with Gasteiger partial charge in [0, 0.05) is 26.3 Å². The summed E-state index contributed by atoms with van der Waals surface area (Å²) in [6.07, 6.45) is 1.69. The van der Waals surface area contributed by atoms with Gasteiger partial charge in [0.2, 0.25) is 0 Å². The molecule has 0 radical (unpaired) electrons. The Morgan fingerprint density at radius 2 is 2.00 bits per heavy atom. The summed E-state index contributed by atoms with van der Waals surface area (Å²) in [5, 5.41) is 7.21. The van der Waals surface area contributed by atoms with Crippen LogP contribution in [0.4, 0.5) is 4.39 Å². The van der Waals surface area contributed by atoms with Gasteiger partial charge in [0.05, 0.1) is 5.69 Å². The molecule has 7 heteroatoms. The van der Waals surface area contributed by atoms with E-state index in [0.29, 0.717) is 17.9 Å². The minimum absolute atomic E-state index is 0. The zero-order valence-electron chi connectivity index (χ0n) is 11.9. The Balaban J connectivity index is 0.00000220. The van der Waals surface area contributed by atoms with Gasteiger partial charge in [-0.2, -0.15) is 5.10 Å². The Bertz CT molecular complexity index is 585. The van der Waals surface area contributed by atoms with Gasteiger partial charge in [0.25, 0.3) is 5.91 Å². The standard InChI is InChI=1S/C14H17FN4O.ClH/c1-16-8-10-18(2)14(20)13-7-9-19(17-13)12-5-3-11(15)4-6-12;/h3-7,9,16H,8,10H2,1-2H3;1H. The third kappa shape index (κ3) is 4.27. The lowest BCUT2D eigenvalue weighted by Gasteiger charge is -2.15. The fraction of sp³-hybridized carbons (Fsp3) is 0.286. The van der Waals surface area contributed by atoms with E-state index in [2.05, 4.69) is 10.4 Å². The van der Waals surface area contributed by atoms with Gasteiger partial charge in [-0.3, -0.25) is 4.79 Å². The van der Waals surface area contributed by atoms with Crippen molar-refractivity contribution in [1.82, 2.24) is 20.0 Å². The molecule has 0 saturated heterocycles. The summed E-state index contributed by atoms with van der Waals surface area (Å²) in [6, 6.07) is 7.60. The van der Waals surface area contributed by atoms with Crippen molar-refractivity contribution >= 4 is 18.3 Å². The number of rotatable bonds is 5. The van der Waals surface area contributed by atoms with Crippen LogP contribution in [0.5, 0.6) is 0 Å². The van der Waals surface area contributed by atoms with Gasteiger partial charge in [-0.25, -0.2) is 9.07 Å². The van der Waals surface area contributed by atoms with Crippen LogP contribution in [0.15, 0.2) is 36.5 Å². The maximum absolute atomic E-state index is 12.9. The van der Waals surface area contributed by atoms with Crippen LogP contribution in [-0.2, 0) is 0 Å². The molecule has 2 aromatic rings. The number of likely N-dealkylation sites (N-methyl/N-ethyl adjacent to an activating group) is 2. The molecule has 114 valence electrons. The van der Waals surface area contributed by atoms with Crippen molar-refractivity contribution < 1.29 is 9.18 Å². The van der Waals surface area contributed by atoms with Crippen molar-refractivity contribution in [2.24, 2.45) is 0 Å². The van der Waals surface area contributed by atoms with Gasteiger partial charge in [0.1, 0.15) is 5.82 Å². The number of halogens is 2. The van der Waals surface area contributed by atoms with E-state index in [1.165, 1.54) is 12.1 Å². The molecule has 21 heavy (non-hydrogen) atoms. The highest BCUT2D eigenvalue weighted by molar-refractivity contribution is 5.92. The smallest absolute Gasteiger partial charge is 0.274 e.